The van der Waals surface area contributed by atoms with Crippen molar-refractivity contribution in [2.75, 3.05) is 7.11 Å². The van der Waals surface area contributed by atoms with E-state index in [0.29, 0.717) is 0 Å². The average molecular weight is 322 g/mol. The highest BCUT2D eigenvalue weighted by atomic mass is 35.5. The largest absolute Gasteiger partial charge is 0.481 e. The maximum atomic E-state index is 11.7. The normalized spacial score (nSPS) is 10.1. The Morgan fingerprint density at radius 1 is 1.23 bits per heavy atom. The molecule has 0 N–H and O–H groups in total. The molecule has 22 heavy (non-hydrogen) atoms. The van der Waals surface area contributed by atoms with Crippen LogP contribution in [0.25, 0.3) is 0 Å². The topological polar surface area (TPSA) is 78.7 Å². The van der Waals surface area contributed by atoms with Gasteiger partial charge in [0.05, 0.1) is 17.1 Å². The SMILES string of the molecule is COC(=O)c1ccc(Cl)c(OCc2ccccc2)c1[N+](=O)[O-]. The van der Waals surface area contributed by atoms with Gasteiger partial charge >= 0.3 is 11.7 Å². The van der Waals surface area contributed by atoms with Crippen LogP contribution in [0.15, 0.2) is 42.5 Å². The molecule has 0 fully saturated rings. The lowest BCUT2D eigenvalue weighted by molar-refractivity contribution is -0.386. The third-order valence-electron chi connectivity index (χ3n) is 2.90. The highest BCUT2D eigenvalue weighted by molar-refractivity contribution is 6.32. The molecule has 0 bridgehead atoms. The summed E-state index contributed by atoms with van der Waals surface area (Å²) in [5.41, 5.74) is 0.103. The summed E-state index contributed by atoms with van der Waals surface area (Å²) in [7, 11) is 1.14. The molecule has 0 aliphatic rings. The van der Waals surface area contributed by atoms with Gasteiger partial charge in [-0.25, -0.2) is 4.79 Å². The van der Waals surface area contributed by atoms with E-state index in [9.17, 15) is 14.9 Å². The second-order valence-corrected chi connectivity index (χ2v) is 4.70. The molecule has 0 spiro atoms. The van der Waals surface area contributed by atoms with Crippen LogP contribution in [-0.2, 0) is 11.3 Å². The van der Waals surface area contributed by atoms with Crippen LogP contribution in [0.4, 0.5) is 5.69 Å². The standard InChI is InChI=1S/C15H12ClNO5/c1-21-15(18)11-7-8-12(16)14(13(11)17(19)20)22-9-10-5-3-2-4-6-10/h2-8H,9H2,1H3. The van der Waals surface area contributed by atoms with Crippen molar-refractivity contribution in [3.05, 3.63) is 68.7 Å². The Balaban J connectivity index is 2.40. The third-order valence-corrected chi connectivity index (χ3v) is 3.19. The minimum atomic E-state index is -0.826. The summed E-state index contributed by atoms with van der Waals surface area (Å²) in [6.45, 7) is 0.0893. The molecule has 0 atom stereocenters. The number of nitro benzene ring substituents is 1. The summed E-state index contributed by atoms with van der Waals surface area (Å²) in [5, 5.41) is 11.3. The first-order chi connectivity index (χ1) is 10.5. The van der Waals surface area contributed by atoms with E-state index in [1.165, 1.54) is 12.1 Å². The van der Waals surface area contributed by atoms with Crippen molar-refractivity contribution in [3.8, 4) is 5.75 Å². The van der Waals surface area contributed by atoms with Gasteiger partial charge in [0.1, 0.15) is 12.2 Å². The van der Waals surface area contributed by atoms with E-state index in [2.05, 4.69) is 4.74 Å². The molecule has 0 radical (unpaired) electrons. The molecule has 0 aromatic heterocycles. The first-order valence-corrected chi connectivity index (χ1v) is 6.64. The molecule has 0 aliphatic carbocycles. The highest BCUT2D eigenvalue weighted by Gasteiger charge is 2.29. The van der Waals surface area contributed by atoms with E-state index >= 15 is 0 Å². The summed E-state index contributed by atoms with van der Waals surface area (Å²) in [5.74, 6) is -0.980. The van der Waals surface area contributed by atoms with E-state index in [1.54, 1.807) is 0 Å². The number of carbonyl (C=O) groups excluding carboxylic acids is 1. The number of hydrogen-bond acceptors (Lipinski definition) is 5. The van der Waals surface area contributed by atoms with Gasteiger partial charge in [-0.1, -0.05) is 41.9 Å². The molecule has 0 amide bonds. The average Bonchev–Trinajstić information content (AvgIpc) is 2.53. The maximum absolute atomic E-state index is 11.7. The lowest BCUT2D eigenvalue weighted by Crippen LogP contribution is -2.08. The summed E-state index contributed by atoms with van der Waals surface area (Å²) in [4.78, 5) is 22.2. The number of nitro groups is 1. The summed E-state index contributed by atoms with van der Waals surface area (Å²) < 4.78 is 10.0. The zero-order chi connectivity index (χ0) is 16.1. The lowest BCUT2D eigenvalue weighted by atomic mass is 10.1. The molecule has 2 rings (SSSR count). The van der Waals surface area contributed by atoms with Crippen LogP contribution in [-0.4, -0.2) is 18.0 Å². The number of halogens is 1. The molecule has 0 saturated carbocycles. The van der Waals surface area contributed by atoms with Gasteiger partial charge in [-0.2, -0.15) is 0 Å². The van der Waals surface area contributed by atoms with E-state index in [-0.39, 0.29) is 22.9 Å². The van der Waals surface area contributed by atoms with Crippen LogP contribution in [0.1, 0.15) is 15.9 Å². The van der Waals surface area contributed by atoms with Crippen LogP contribution in [0, 0.1) is 10.1 Å². The fourth-order valence-electron chi connectivity index (χ4n) is 1.87. The second-order valence-electron chi connectivity index (χ2n) is 4.30. The van der Waals surface area contributed by atoms with Crippen molar-refractivity contribution in [2.24, 2.45) is 0 Å². The molecule has 7 heteroatoms. The minimum Gasteiger partial charge on any atom is -0.481 e. The second kappa shape index (κ2) is 6.91. The summed E-state index contributed by atoms with van der Waals surface area (Å²) in [6, 6.07) is 11.7. The lowest BCUT2D eigenvalue weighted by Gasteiger charge is -2.10. The van der Waals surface area contributed by atoms with E-state index in [1.807, 2.05) is 30.3 Å². The fraction of sp³-hybridized carbons (Fsp3) is 0.133. The molecule has 6 nitrogen and oxygen atoms in total. The molecule has 0 heterocycles. The molecule has 0 unspecified atom stereocenters. The van der Waals surface area contributed by atoms with E-state index in [4.69, 9.17) is 16.3 Å². The van der Waals surface area contributed by atoms with Crippen molar-refractivity contribution in [1.29, 1.82) is 0 Å². The smallest absolute Gasteiger partial charge is 0.345 e. The number of ether oxygens (including phenoxy) is 2. The molecule has 0 saturated heterocycles. The van der Waals surface area contributed by atoms with Gasteiger partial charge in [0, 0.05) is 0 Å². The van der Waals surface area contributed by atoms with Crippen LogP contribution in [0.5, 0.6) is 5.75 Å². The number of esters is 1. The van der Waals surface area contributed by atoms with E-state index < -0.39 is 16.6 Å². The van der Waals surface area contributed by atoms with Gasteiger partial charge in [-0.05, 0) is 17.7 Å². The Kier molecular flexibility index (Phi) is 4.95. The fourth-order valence-corrected chi connectivity index (χ4v) is 2.08. The first kappa shape index (κ1) is 15.8. The number of methoxy groups -OCH3 is 1. The predicted molar refractivity (Wildman–Crippen MR) is 80.2 cm³/mol. The van der Waals surface area contributed by atoms with E-state index in [0.717, 1.165) is 12.7 Å². The molecule has 114 valence electrons. The van der Waals surface area contributed by atoms with Gasteiger partial charge in [-0.15, -0.1) is 0 Å². The Bertz CT molecular complexity index is 703. The third kappa shape index (κ3) is 3.35. The highest BCUT2D eigenvalue weighted by Crippen LogP contribution is 2.38. The molecule has 2 aromatic carbocycles. The summed E-state index contributed by atoms with van der Waals surface area (Å²) in [6.07, 6.45) is 0. The molecular weight excluding hydrogens is 310 g/mol. The Morgan fingerprint density at radius 2 is 1.91 bits per heavy atom. The Morgan fingerprint density at radius 3 is 2.50 bits per heavy atom. The maximum Gasteiger partial charge on any atom is 0.345 e. The summed E-state index contributed by atoms with van der Waals surface area (Å²) >= 11 is 5.98. The van der Waals surface area contributed by atoms with Crippen molar-refractivity contribution < 1.29 is 19.2 Å². The van der Waals surface area contributed by atoms with Gasteiger partial charge in [-0.3, -0.25) is 10.1 Å². The van der Waals surface area contributed by atoms with Crippen LogP contribution in [0.3, 0.4) is 0 Å². The first-order valence-electron chi connectivity index (χ1n) is 6.26. The van der Waals surface area contributed by atoms with Gasteiger partial charge in [0.2, 0.25) is 5.75 Å². The molecular formula is C15H12ClNO5. The van der Waals surface area contributed by atoms with Crippen molar-refractivity contribution in [1.82, 2.24) is 0 Å². The van der Waals surface area contributed by atoms with Gasteiger partial charge in [0.25, 0.3) is 0 Å². The van der Waals surface area contributed by atoms with Crippen LogP contribution < -0.4 is 4.74 Å². The van der Waals surface area contributed by atoms with Gasteiger partial charge < -0.3 is 9.47 Å². The number of rotatable bonds is 5. The zero-order valence-corrected chi connectivity index (χ0v) is 12.4. The molecule has 2 aromatic rings. The number of nitrogens with zero attached hydrogens (tertiary/aromatic N) is 1. The number of hydrogen-bond donors (Lipinski definition) is 0. The predicted octanol–water partition coefficient (Wildman–Crippen LogP) is 3.61. The number of benzene rings is 2. The zero-order valence-electron chi connectivity index (χ0n) is 11.6. The number of carbonyl (C=O) groups is 1. The monoisotopic (exact) mass is 321 g/mol. The quantitative estimate of drug-likeness (QED) is 0.477. The minimum absolute atomic E-state index is 0.0512. The van der Waals surface area contributed by atoms with Gasteiger partial charge in [0.15, 0.2) is 0 Å². The Hall–Kier alpha value is -2.60. The van der Waals surface area contributed by atoms with Crippen molar-refractivity contribution >= 4 is 23.3 Å². The Labute approximate surface area is 131 Å². The molecule has 0 aliphatic heterocycles. The van der Waals surface area contributed by atoms with Crippen LogP contribution in [0.2, 0.25) is 5.02 Å². The van der Waals surface area contributed by atoms with Crippen molar-refractivity contribution in [2.45, 2.75) is 6.61 Å². The van der Waals surface area contributed by atoms with Crippen molar-refractivity contribution in [3.63, 3.8) is 0 Å². The van der Waals surface area contributed by atoms with Crippen LogP contribution >= 0.6 is 11.6 Å².